The molecule has 0 spiro atoms. The van der Waals surface area contributed by atoms with E-state index >= 15 is 0 Å². The maximum atomic E-state index is 5.87. The second kappa shape index (κ2) is 4.74. The van der Waals surface area contributed by atoms with Gasteiger partial charge in [0.25, 0.3) is 0 Å². The summed E-state index contributed by atoms with van der Waals surface area (Å²) >= 11 is 0. The SMILES string of the molecule is Cc1ccc(NCC2CCOC2C)cc1N. The summed E-state index contributed by atoms with van der Waals surface area (Å²) in [5.74, 6) is 0.613. The molecule has 1 saturated heterocycles. The van der Waals surface area contributed by atoms with Crippen LogP contribution in [0.3, 0.4) is 0 Å². The number of benzene rings is 1. The van der Waals surface area contributed by atoms with Crippen molar-refractivity contribution in [3.05, 3.63) is 23.8 Å². The summed E-state index contributed by atoms with van der Waals surface area (Å²) in [7, 11) is 0. The molecule has 2 unspecified atom stereocenters. The Hall–Kier alpha value is -1.22. The number of ether oxygens (including phenoxy) is 1. The summed E-state index contributed by atoms with van der Waals surface area (Å²) in [6.45, 7) is 6.02. The molecule has 1 aliphatic rings. The van der Waals surface area contributed by atoms with Crippen molar-refractivity contribution in [3.63, 3.8) is 0 Å². The number of hydrogen-bond acceptors (Lipinski definition) is 3. The Bertz CT molecular complexity index is 365. The van der Waals surface area contributed by atoms with Crippen molar-refractivity contribution in [2.75, 3.05) is 24.2 Å². The first-order chi connectivity index (χ1) is 7.66. The van der Waals surface area contributed by atoms with E-state index in [-0.39, 0.29) is 0 Å². The molecule has 1 aromatic rings. The third kappa shape index (κ3) is 2.47. The van der Waals surface area contributed by atoms with Gasteiger partial charge < -0.3 is 15.8 Å². The fourth-order valence-electron chi connectivity index (χ4n) is 2.04. The summed E-state index contributed by atoms with van der Waals surface area (Å²) in [6, 6.07) is 6.12. The third-order valence-electron chi connectivity index (χ3n) is 3.38. The van der Waals surface area contributed by atoms with Crippen LogP contribution in [-0.2, 0) is 4.74 Å². The van der Waals surface area contributed by atoms with E-state index in [2.05, 4.69) is 18.3 Å². The van der Waals surface area contributed by atoms with Gasteiger partial charge in [-0.3, -0.25) is 0 Å². The molecule has 2 rings (SSSR count). The van der Waals surface area contributed by atoms with Crippen LogP contribution in [0.2, 0.25) is 0 Å². The van der Waals surface area contributed by atoms with E-state index in [0.717, 1.165) is 36.5 Å². The third-order valence-corrected chi connectivity index (χ3v) is 3.38. The second-order valence-electron chi connectivity index (χ2n) is 4.58. The molecule has 0 aliphatic carbocycles. The van der Waals surface area contributed by atoms with Crippen molar-refractivity contribution in [1.82, 2.24) is 0 Å². The van der Waals surface area contributed by atoms with Gasteiger partial charge in [0.1, 0.15) is 0 Å². The zero-order chi connectivity index (χ0) is 11.5. The van der Waals surface area contributed by atoms with E-state index in [1.54, 1.807) is 0 Å². The van der Waals surface area contributed by atoms with Gasteiger partial charge in [-0.25, -0.2) is 0 Å². The Morgan fingerprint density at radius 1 is 1.50 bits per heavy atom. The molecule has 3 heteroatoms. The highest BCUT2D eigenvalue weighted by Gasteiger charge is 2.23. The van der Waals surface area contributed by atoms with Crippen LogP contribution in [0.15, 0.2) is 18.2 Å². The monoisotopic (exact) mass is 220 g/mol. The van der Waals surface area contributed by atoms with E-state index in [1.165, 1.54) is 0 Å². The van der Waals surface area contributed by atoms with Gasteiger partial charge in [0.15, 0.2) is 0 Å². The number of anilines is 2. The summed E-state index contributed by atoms with van der Waals surface area (Å²) in [5, 5.41) is 3.43. The lowest BCUT2D eigenvalue weighted by Crippen LogP contribution is -2.20. The number of nitrogens with one attached hydrogen (secondary N) is 1. The number of hydrogen-bond donors (Lipinski definition) is 2. The number of nitrogen functional groups attached to an aromatic ring is 1. The standard InChI is InChI=1S/C13H20N2O/c1-9-3-4-12(7-13(9)14)15-8-11-5-6-16-10(11)2/h3-4,7,10-11,15H,5-6,8,14H2,1-2H3. The van der Waals surface area contributed by atoms with Gasteiger partial charge in [-0.05, 0) is 38.0 Å². The molecule has 0 aromatic heterocycles. The van der Waals surface area contributed by atoms with E-state index < -0.39 is 0 Å². The fraction of sp³-hybridized carbons (Fsp3) is 0.538. The van der Waals surface area contributed by atoms with Crippen molar-refractivity contribution in [2.24, 2.45) is 5.92 Å². The Kier molecular flexibility index (Phi) is 3.34. The zero-order valence-electron chi connectivity index (χ0n) is 9.99. The molecule has 2 atom stereocenters. The van der Waals surface area contributed by atoms with Crippen molar-refractivity contribution >= 4 is 11.4 Å². The first-order valence-electron chi connectivity index (χ1n) is 5.88. The molecule has 3 nitrogen and oxygen atoms in total. The number of aryl methyl sites for hydroxylation is 1. The van der Waals surface area contributed by atoms with Gasteiger partial charge in [0.2, 0.25) is 0 Å². The molecule has 0 bridgehead atoms. The van der Waals surface area contributed by atoms with Gasteiger partial charge in [-0.1, -0.05) is 6.07 Å². The number of rotatable bonds is 3. The molecule has 88 valence electrons. The molecule has 1 fully saturated rings. The number of nitrogens with two attached hydrogens (primary N) is 1. The topological polar surface area (TPSA) is 47.3 Å². The second-order valence-corrected chi connectivity index (χ2v) is 4.58. The van der Waals surface area contributed by atoms with Gasteiger partial charge in [0, 0.05) is 30.4 Å². The van der Waals surface area contributed by atoms with Gasteiger partial charge in [-0.2, -0.15) is 0 Å². The quantitative estimate of drug-likeness (QED) is 0.769. The minimum atomic E-state index is 0.371. The summed E-state index contributed by atoms with van der Waals surface area (Å²) in [5.41, 5.74) is 8.94. The lowest BCUT2D eigenvalue weighted by molar-refractivity contribution is 0.108. The smallest absolute Gasteiger partial charge is 0.0592 e. The zero-order valence-corrected chi connectivity index (χ0v) is 9.99. The summed E-state index contributed by atoms with van der Waals surface area (Å²) in [4.78, 5) is 0. The van der Waals surface area contributed by atoms with Gasteiger partial charge in [0.05, 0.1) is 6.10 Å². The Balaban J connectivity index is 1.91. The fourth-order valence-corrected chi connectivity index (χ4v) is 2.04. The lowest BCUT2D eigenvalue weighted by Gasteiger charge is -2.16. The molecular weight excluding hydrogens is 200 g/mol. The lowest BCUT2D eigenvalue weighted by atomic mass is 10.0. The van der Waals surface area contributed by atoms with E-state index in [0.29, 0.717) is 12.0 Å². The maximum Gasteiger partial charge on any atom is 0.0592 e. The highest BCUT2D eigenvalue weighted by atomic mass is 16.5. The largest absolute Gasteiger partial charge is 0.398 e. The molecule has 1 aliphatic heterocycles. The minimum Gasteiger partial charge on any atom is -0.398 e. The van der Waals surface area contributed by atoms with E-state index in [1.807, 2.05) is 19.1 Å². The minimum absolute atomic E-state index is 0.371. The van der Waals surface area contributed by atoms with Crippen LogP contribution in [0.1, 0.15) is 18.9 Å². The Morgan fingerprint density at radius 2 is 2.31 bits per heavy atom. The van der Waals surface area contributed by atoms with E-state index in [9.17, 15) is 0 Å². The predicted molar refractivity (Wildman–Crippen MR) is 67.6 cm³/mol. The first-order valence-corrected chi connectivity index (χ1v) is 5.88. The van der Waals surface area contributed by atoms with Crippen LogP contribution in [0, 0.1) is 12.8 Å². The van der Waals surface area contributed by atoms with Gasteiger partial charge in [-0.15, -0.1) is 0 Å². The normalized spacial score (nSPS) is 24.6. The molecule has 16 heavy (non-hydrogen) atoms. The average molecular weight is 220 g/mol. The molecule has 0 radical (unpaired) electrons. The average Bonchev–Trinajstić information content (AvgIpc) is 2.66. The molecule has 0 saturated carbocycles. The van der Waals surface area contributed by atoms with Crippen LogP contribution < -0.4 is 11.1 Å². The molecule has 1 heterocycles. The van der Waals surface area contributed by atoms with Crippen molar-refractivity contribution in [3.8, 4) is 0 Å². The molecule has 1 aromatic carbocycles. The maximum absolute atomic E-state index is 5.87. The molecular formula is C13H20N2O. The van der Waals surface area contributed by atoms with Crippen LogP contribution in [-0.4, -0.2) is 19.3 Å². The van der Waals surface area contributed by atoms with Gasteiger partial charge >= 0.3 is 0 Å². The van der Waals surface area contributed by atoms with E-state index in [4.69, 9.17) is 10.5 Å². The van der Waals surface area contributed by atoms with Crippen molar-refractivity contribution < 1.29 is 4.74 Å². The van der Waals surface area contributed by atoms with Crippen molar-refractivity contribution in [1.29, 1.82) is 0 Å². The summed E-state index contributed by atoms with van der Waals surface area (Å²) < 4.78 is 5.53. The first kappa shape index (κ1) is 11.3. The van der Waals surface area contributed by atoms with Crippen LogP contribution in [0.5, 0.6) is 0 Å². The van der Waals surface area contributed by atoms with Crippen molar-refractivity contribution in [2.45, 2.75) is 26.4 Å². The molecule has 0 amide bonds. The predicted octanol–water partition coefficient (Wildman–Crippen LogP) is 2.41. The molecule has 3 N–H and O–H groups in total. The van der Waals surface area contributed by atoms with Crippen LogP contribution >= 0.6 is 0 Å². The van der Waals surface area contributed by atoms with Crippen LogP contribution in [0.4, 0.5) is 11.4 Å². The highest BCUT2D eigenvalue weighted by Crippen LogP contribution is 2.22. The van der Waals surface area contributed by atoms with Crippen LogP contribution in [0.25, 0.3) is 0 Å². The Labute approximate surface area is 97.0 Å². The Morgan fingerprint density at radius 3 is 2.94 bits per heavy atom. The summed E-state index contributed by atoms with van der Waals surface area (Å²) in [6.07, 6.45) is 1.52. The highest BCUT2D eigenvalue weighted by molar-refractivity contribution is 5.58.